The van der Waals surface area contributed by atoms with Gasteiger partial charge in [0.15, 0.2) is 0 Å². The molecular weight excluding hydrogens is 1200 g/mol. The van der Waals surface area contributed by atoms with Gasteiger partial charge in [-0.25, -0.2) is 0 Å². The molecule has 8 nitrogen and oxygen atoms in total. The van der Waals surface area contributed by atoms with Crippen molar-refractivity contribution in [2.24, 2.45) is 0 Å². The van der Waals surface area contributed by atoms with Crippen LogP contribution >= 0.6 is 63.9 Å². The predicted octanol–water partition coefficient (Wildman–Crippen LogP) is 14.7. The highest BCUT2D eigenvalue weighted by molar-refractivity contribution is 9.14. The monoisotopic (exact) mass is 1240 g/mol. The molecule has 0 amide bonds. The van der Waals surface area contributed by atoms with Crippen LogP contribution in [0.25, 0.3) is 0 Å². The van der Waals surface area contributed by atoms with E-state index in [1.165, 1.54) is 13.8 Å². The summed E-state index contributed by atoms with van der Waals surface area (Å²) in [7, 11) is 0. The summed E-state index contributed by atoms with van der Waals surface area (Å²) in [6, 6.07) is 22.4. The first-order valence-corrected chi connectivity index (χ1v) is 22.4. The van der Waals surface area contributed by atoms with Crippen molar-refractivity contribution in [3.63, 3.8) is 0 Å². The molecule has 11 N–H and O–H groups in total. The Morgan fingerprint density at radius 3 is 1.16 bits per heavy atom. The molecule has 24 heteroatoms. The SMILES string of the molecule is Brc1ccc(N(Br)CNc2ccccc2)c(Br)c1Br.Cc1ccc(C(c2ccc(C)c(N)c2)(C(F)(F)F)C(F)(F)F)cc1N.Nc1cc(C(c2ccc(O)c(N)c2)(C(F)(F)F)C(F)(F)F)ccc1O. The van der Waals surface area contributed by atoms with Crippen LogP contribution in [0.15, 0.2) is 129 Å². The molecule has 0 spiro atoms. The molecule has 0 fully saturated rings. The van der Waals surface area contributed by atoms with Crippen LogP contribution < -0.4 is 32.2 Å². The zero-order chi connectivity index (χ0) is 52.2. The summed E-state index contributed by atoms with van der Waals surface area (Å²) in [4.78, 5) is 0. The summed E-state index contributed by atoms with van der Waals surface area (Å²) in [5.41, 5.74) is 9.82. The maximum absolute atomic E-state index is 13.9. The lowest BCUT2D eigenvalue weighted by molar-refractivity contribution is -0.290. The Labute approximate surface area is 420 Å². The molecule has 0 unspecified atom stereocenters. The van der Waals surface area contributed by atoms with Gasteiger partial charge in [0.1, 0.15) is 11.5 Å². The minimum Gasteiger partial charge on any atom is -0.506 e. The molecule has 6 aromatic rings. The Morgan fingerprint density at radius 1 is 0.478 bits per heavy atom. The van der Waals surface area contributed by atoms with Gasteiger partial charge in [0, 0.05) is 26.0 Å². The number of nitrogens with one attached hydrogen (secondary N) is 1. The van der Waals surface area contributed by atoms with Crippen LogP contribution in [0.2, 0.25) is 0 Å². The minimum absolute atomic E-state index is 0.157. The first kappa shape index (κ1) is 56.4. The summed E-state index contributed by atoms with van der Waals surface area (Å²) in [5.74, 6) is -1.32. The number of rotatable bonds is 8. The number of aryl methyl sites for hydroxylation is 2. The van der Waals surface area contributed by atoms with E-state index < -0.39 is 80.7 Å². The van der Waals surface area contributed by atoms with E-state index >= 15 is 0 Å². The van der Waals surface area contributed by atoms with Gasteiger partial charge < -0.3 is 38.5 Å². The quantitative estimate of drug-likeness (QED) is 0.0198. The van der Waals surface area contributed by atoms with Crippen molar-refractivity contribution in [2.45, 2.75) is 49.4 Å². The van der Waals surface area contributed by atoms with Crippen LogP contribution in [0, 0.1) is 13.8 Å². The molecule has 0 atom stereocenters. The molecule has 0 radical (unpaired) electrons. The summed E-state index contributed by atoms with van der Waals surface area (Å²) in [6.07, 6.45) is -23.0. The van der Waals surface area contributed by atoms with E-state index in [0.717, 1.165) is 49.1 Å². The normalized spacial score (nSPS) is 12.3. The van der Waals surface area contributed by atoms with E-state index in [0.29, 0.717) is 66.3 Å². The maximum atomic E-state index is 13.9. The average Bonchev–Trinajstić information content (AvgIpc) is 3.23. The second-order valence-corrected chi connectivity index (χ2v) is 18.2. The first-order valence-electron chi connectivity index (χ1n) is 19.3. The lowest BCUT2D eigenvalue weighted by Crippen LogP contribution is -2.54. The van der Waals surface area contributed by atoms with Crippen molar-refractivity contribution in [3.05, 3.63) is 162 Å². The topological polar surface area (TPSA) is 160 Å². The number of halogens is 16. The Hall–Kier alpha value is -5.20. The van der Waals surface area contributed by atoms with Gasteiger partial charge in [-0.1, -0.05) is 54.6 Å². The number of para-hydroxylation sites is 1. The van der Waals surface area contributed by atoms with Crippen LogP contribution in [-0.4, -0.2) is 41.6 Å². The molecule has 0 bridgehead atoms. The number of alkyl halides is 12. The molecule has 372 valence electrons. The van der Waals surface area contributed by atoms with Crippen molar-refractivity contribution in [2.75, 3.05) is 38.8 Å². The van der Waals surface area contributed by atoms with Gasteiger partial charge in [-0.3, -0.25) is 3.93 Å². The summed E-state index contributed by atoms with van der Waals surface area (Å²) >= 11 is 14.2. The Morgan fingerprint density at radius 2 is 0.826 bits per heavy atom. The average molecular weight is 1240 g/mol. The van der Waals surface area contributed by atoms with Crippen LogP contribution in [-0.2, 0) is 10.8 Å². The number of phenolic OH excluding ortho intramolecular Hbond substituents is 2. The Bertz CT molecular complexity index is 2490. The van der Waals surface area contributed by atoms with E-state index in [1.54, 1.807) is 0 Å². The Kier molecular flexibility index (Phi) is 17.5. The number of nitrogens with two attached hydrogens (primary N) is 4. The zero-order valence-corrected chi connectivity index (χ0v) is 41.7. The fourth-order valence-corrected chi connectivity index (χ4v) is 8.94. The molecule has 0 heterocycles. The number of anilines is 6. The summed E-state index contributed by atoms with van der Waals surface area (Å²) < 4.78 is 171. The van der Waals surface area contributed by atoms with E-state index in [2.05, 4.69) is 69.3 Å². The molecule has 0 aromatic heterocycles. The lowest BCUT2D eigenvalue weighted by atomic mass is 9.72. The standard InChI is InChI=1S/C17H16F6N2.C15H12F6N2O2.C13H10Br4N2/c1-9-3-5-11(7-13(9)24)15(16(18,19)20,17(21,22)23)12-6-4-10(2)14(25)8-12;16-14(17,18)13(15(19,20)21,7-1-3-11(24)9(22)5-7)8-2-4-12(25)10(23)6-8;14-10-6-7-11(13(16)12(10)15)19(17)8-18-9-4-2-1-3-5-9/h3-8H,24-25H2,1-2H3;1-6,24-25H,22-23H2;1-7,18H,8H2. The van der Waals surface area contributed by atoms with Crippen LogP contribution in [0.5, 0.6) is 11.5 Å². The number of benzene rings is 6. The number of aromatic hydroxyl groups is 2. The van der Waals surface area contributed by atoms with Crippen molar-refractivity contribution in [1.82, 2.24) is 0 Å². The van der Waals surface area contributed by atoms with Gasteiger partial charge in [0.05, 0.1) is 44.4 Å². The van der Waals surface area contributed by atoms with Crippen LogP contribution in [0.4, 0.5) is 86.8 Å². The zero-order valence-electron chi connectivity index (χ0n) is 35.4. The number of hydrogen-bond donors (Lipinski definition) is 7. The van der Waals surface area contributed by atoms with Gasteiger partial charge in [-0.15, -0.1) is 0 Å². The first-order chi connectivity index (χ1) is 31.7. The third-order valence-corrected chi connectivity index (χ3v) is 14.5. The molecule has 0 saturated heterocycles. The van der Waals surface area contributed by atoms with Gasteiger partial charge in [0.25, 0.3) is 0 Å². The second-order valence-electron chi connectivity index (χ2n) is 14.9. The summed E-state index contributed by atoms with van der Waals surface area (Å²) in [6.45, 7) is 3.63. The van der Waals surface area contributed by atoms with Gasteiger partial charge in [-0.05, 0) is 156 Å². The lowest BCUT2D eigenvalue weighted by Gasteiger charge is -2.38. The van der Waals surface area contributed by atoms with E-state index in [1.807, 2.05) is 46.4 Å². The predicted molar refractivity (Wildman–Crippen MR) is 258 cm³/mol. The highest BCUT2D eigenvalue weighted by Crippen LogP contribution is 2.58. The molecular formula is C45H38Br4F12N6O2. The molecule has 0 saturated carbocycles. The number of phenols is 2. The third-order valence-electron chi connectivity index (χ3n) is 10.5. The van der Waals surface area contributed by atoms with E-state index in [4.69, 9.17) is 22.9 Å². The number of hydrogen-bond acceptors (Lipinski definition) is 8. The Balaban J connectivity index is 0.000000228. The van der Waals surface area contributed by atoms with Crippen molar-refractivity contribution >= 4 is 98.1 Å². The summed E-state index contributed by atoms with van der Waals surface area (Å²) in [5, 5.41) is 22.0. The molecule has 0 aliphatic rings. The van der Waals surface area contributed by atoms with E-state index in [9.17, 15) is 62.9 Å². The van der Waals surface area contributed by atoms with Crippen LogP contribution in [0.3, 0.4) is 0 Å². The number of nitrogen functional groups attached to an aromatic ring is 4. The fourth-order valence-electron chi connectivity index (χ4n) is 6.79. The van der Waals surface area contributed by atoms with Crippen molar-refractivity contribution in [1.29, 1.82) is 0 Å². The van der Waals surface area contributed by atoms with Gasteiger partial charge >= 0.3 is 24.7 Å². The molecule has 69 heavy (non-hydrogen) atoms. The smallest absolute Gasteiger partial charge is 0.411 e. The van der Waals surface area contributed by atoms with Gasteiger partial charge in [0.2, 0.25) is 10.8 Å². The van der Waals surface area contributed by atoms with Gasteiger partial charge in [-0.2, -0.15) is 52.7 Å². The van der Waals surface area contributed by atoms with E-state index in [-0.39, 0.29) is 11.4 Å². The highest BCUT2D eigenvalue weighted by atomic mass is 79.9. The van der Waals surface area contributed by atoms with Crippen LogP contribution in [0.1, 0.15) is 33.4 Å². The maximum Gasteiger partial charge on any atom is 0.411 e. The highest BCUT2D eigenvalue weighted by Gasteiger charge is 2.73. The third kappa shape index (κ3) is 11.7. The molecule has 6 aromatic carbocycles. The molecule has 6 rings (SSSR count). The number of nitrogens with zero attached hydrogens (tertiary/aromatic N) is 1. The largest absolute Gasteiger partial charge is 0.506 e. The van der Waals surface area contributed by atoms with Crippen molar-refractivity contribution < 1.29 is 62.9 Å². The van der Waals surface area contributed by atoms with Crippen molar-refractivity contribution in [3.8, 4) is 11.5 Å². The minimum atomic E-state index is -5.82. The molecule has 0 aliphatic carbocycles. The fraction of sp³-hybridized carbons (Fsp3) is 0.200. The second kappa shape index (κ2) is 21.4. The molecule has 0 aliphatic heterocycles.